The fourth-order valence-electron chi connectivity index (χ4n) is 1.36. The predicted octanol–water partition coefficient (Wildman–Crippen LogP) is -0.471. The molecular weight excluding hydrogens is 260 g/mol. The van der Waals surface area contributed by atoms with Crippen LogP contribution in [0.1, 0.15) is 13.3 Å². The van der Waals surface area contributed by atoms with Gasteiger partial charge < -0.3 is 14.8 Å². The number of carbonyl (C=O) groups is 1. The van der Waals surface area contributed by atoms with E-state index in [0.29, 0.717) is 0 Å². The number of rotatable bonds is 6. The molecular formula is C10H16N2O5S. The summed E-state index contributed by atoms with van der Waals surface area (Å²) in [5.41, 5.74) is -1.63. The minimum atomic E-state index is -3.73. The first-order valence-electron chi connectivity index (χ1n) is 5.18. The standard InChI is InChI=1S/C10H16N2O5S/c1-10(15,5-9(13)14)7-11-18(16,17)8-3-4-12(2)6-8/h3-4,6,11,15H,5,7H2,1-2H3,(H,13,14). The monoisotopic (exact) mass is 276 g/mol. The van der Waals surface area contributed by atoms with E-state index in [1.165, 1.54) is 19.2 Å². The van der Waals surface area contributed by atoms with Crippen LogP contribution in [0.3, 0.4) is 0 Å². The van der Waals surface area contributed by atoms with Gasteiger partial charge in [0.05, 0.1) is 16.9 Å². The molecule has 102 valence electrons. The van der Waals surface area contributed by atoms with Crippen molar-refractivity contribution >= 4 is 16.0 Å². The highest BCUT2D eigenvalue weighted by molar-refractivity contribution is 7.89. The molecule has 18 heavy (non-hydrogen) atoms. The lowest BCUT2D eigenvalue weighted by molar-refractivity contribution is -0.141. The molecule has 0 radical (unpaired) electrons. The van der Waals surface area contributed by atoms with Crippen molar-refractivity contribution in [1.29, 1.82) is 0 Å². The van der Waals surface area contributed by atoms with Gasteiger partial charge in [-0.2, -0.15) is 0 Å². The molecule has 0 fully saturated rings. The van der Waals surface area contributed by atoms with E-state index in [1.807, 2.05) is 0 Å². The lowest BCUT2D eigenvalue weighted by atomic mass is 10.0. The van der Waals surface area contributed by atoms with Crippen LogP contribution in [0.4, 0.5) is 0 Å². The summed E-state index contributed by atoms with van der Waals surface area (Å²) < 4.78 is 27.3. The maximum Gasteiger partial charge on any atom is 0.306 e. The zero-order valence-corrected chi connectivity index (χ0v) is 10.9. The molecule has 1 rings (SSSR count). The van der Waals surface area contributed by atoms with Gasteiger partial charge in [-0.3, -0.25) is 4.79 Å². The summed E-state index contributed by atoms with van der Waals surface area (Å²) in [6, 6.07) is 1.41. The van der Waals surface area contributed by atoms with E-state index in [4.69, 9.17) is 5.11 Å². The fourth-order valence-corrected chi connectivity index (χ4v) is 2.57. The van der Waals surface area contributed by atoms with E-state index in [2.05, 4.69) is 4.72 Å². The number of nitrogens with one attached hydrogen (secondary N) is 1. The van der Waals surface area contributed by atoms with Crippen molar-refractivity contribution in [3.63, 3.8) is 0 Å². The Morgan fingerprint density at radius 2 is 2.17 bits per heavy atom. The van der Waals surface area contributed by atoms with Crippen molar-refractivity contribution in [3.05, 3.63) is 18.5 Å². The number of hydrogen-bond donors (Lipinski definition) is 3. The number of aromatic nitrogens is 1. The van der Waals surface area contributed by atoms with Crippen molar-refractivity contribution in [2.75, 3.05) is 6.54 Å². The van der Waals surface area contributed by atoms with E-state index >= 15 is 0 Å². The van der Waals surface area contributed by atoms with Gasteiger partial charge in [-0.1, -0.05) is 0 Å². The molecule has 0 aliphatic carbocycles. The van der Waals surface area contributed by atoms with E-state index in [0.717, 1.165) is 0 Å². The highest BCUT2D eigenvalue weighted by Crippen LogP contribution is 2.12. The fraction of sp³-hybridized carbons (Fsp3) is 0.500. The number of aryl methyl sites for hydroxylation is 1. The number of nitrogens with zero attached hydrogens (tertiary/aromatic N) is 1. The smallest absolute Gasteiger partial charge is 0.306 e. The summed E-state index contributed by atoms with van der Waals surface area (Å²) >= 11 is 0. The highest BCUT2D eigenvalue weighted by Gasteiger charge is 2.27. The van der Waals surface area contributed by atoms with Crippen LogP contribution in [0, 0.1) is 0 Å². The Morgan fingerprint density at radius 3 is 2.61 bits per heavy atom. The molecule has 1 aromatic rings. The van der Waals surface area contributed by atoms with Gasteiger partial charge in [-0.15, -0.1) is 0 Å². The molecule has 0 amide bonds. The van der Waals surface area contributed by atoms with Gasteiger partial charge in [0.2, 0.25) is 10.0 Å². The van der Waals surface area contributed by atoms with Gasteiger partial charge >= 0.3 is 5.97 Å². The lowest BCUT2D eigenvalue weighted by Gasteiger charge is -2.21. The summed E-state index contributed by atoms with van der Waals surface area (Å²) in [6.07, 6.45) is 2.45. The van der Waals surface area contributed by atoms with Crippen LogP contribution >= 0.6 is 0 Å². The Morgan fingerprint density at radius 1 is 1.56 bits per heavy atom. The largest absolute Gasteiger partial charge is 0.481 e. The van der Waals surface area contributed by atoms with Crippen LogP contribution in [-0.4, -0.2) is 41.3 Å². The van der Waals surface area contributed by atoms with Crippen molar-refractivity contribution < 1.29 is 23.4 Å². The molecule has 1 heterocycles. The first kappa shape index (κ1) is 14.7. The van der Waals surface area contributed by atoms with E-state index in [9.17, 15) is 18.3 Å². The van der Waals surface area contributed by atoms with Crippen LogP contribution < -0.4 is 4.72 Å². The van der Waals surface area contributed by atoms with Crippen LogP contribution in [0.25, 0.3) is 0 Å². The van der Waals surface area contributed by atoms with E-state index in [1.54, 1.807) is 17.8 Å². The Labute approximate surface area is 105 Å². The highest BCUT2D eigenvalue weighted by atomic mass is 32.2. The minimum Gasteiger partial charge on any atom is -0.481 e. The second-order valence-corrected chi connectivity index (χ2v) is 6.17. The lowest BCUT2D eigenvalue weighted by Crippen LogP contribution is -2.42. The Kier molecular flexibility index (Phi) is 4.15. The average Bonchev–Trinajstić information content (AvgIpc) is 2.61. The van der Waals surface area contributed by atoms with Crippen LogP contribution in [0.15, 0.2) is 23.4 Å². The quantitative estimate of drug-likeness (QED) is 0.651. The molecule has 8 heteroatoms. The molecule has 0 aliphatic heterocycles. The van der Waals surface area contributed by atoms with Crippen LogP contribution in [0.5, 0.6) is 0 Å². The average molecular weight is 276 g/mol. The summed E-state index contributed by atoms with van der Waals surface area (Å²) in [6.45, 7) is 0.894. The zero-order chi connectivity index (χ0) is 14.0. The topological polar surface area (TPSA) is 109 Å². The third-order valence-corrected chi connectivity index (χ3v) is 3.68. The van der Waals surface area contributed by atoms with Gasteiger partial charge in [0, 0.05) is 26.0 Å². The molecule has 0 bridgehead atoms. The second-order valence-electron chi connectivity index (χ2n) is 4.40. The van der Waals surface area contributed by atoms with Crippen LogP contribution in [0.2, 0.25) is 0 Å². The molecule has 1 aromatic heterocycles. The van der Waals surface area contributed by atoms with Gasteiger partial charge in [0.15, 0.2) is 0 Å². The number of sulfonamides is 1. The number of carboxylic acids is 1. The summed E-state index contributed by atoms with van der Waals surface area (Å²) in [7, 11) is -2.05. The van der Waals surface area contributed by atoms with Crippen molar-refractivity contribution in [1.82, 2.24) is 9.29 Å². The van der Waals surface area contributed by atoms with Crippen molar-refractivity contribution in [2.45, 2.75) is 23.8 Å². The van der Waals surface area contributed by atoms with E-state index < -0.39 is 28.0 Å². The first-order chi connectivity index (χ1) is 8.12. The Bertz CT molecular complexity index is 532. The Hall–Kier alpha value is -1.38. The van der Waals surface area contributed by atoms with Gasteiger partial charge in [0.1, 0.15) is 0 Å². The second kappa shape index (κ2) is 5.09. The number of carboxylic acid groups (broad SMARTS) is 1. The maximum atomic E-state index is 11.8. The zero-order valence-electron chi connectivity index (χ0n) is 10.1. The third kappa shape index (κ3) is 4.13. The molecule has 0 spiro atoms. The summed E-state index contributed by atoms with van der Waals surface area (Å²) in [5, 5.41) is 18.2. The molecule has 0 saturated carbocycles. The van der Waals surface area contributed by atoms with Gasteiger partial charge in [-0.05, 0) is 13.0 Å². The number of aliphatic hydroxyl groups is 1. The molecule has 7 nitrogen and oxygen atoms in total. The predicted molar refractivity (Wildman–Crippen MR) is 63.5 cm³/mol. The first-order valence-corrected chi connectivity index (χ1v) is 6.66. The van der Waals surface area contributed by atoms with Crippen LogP contribution in [-0.2, 0) is 21.9 Å². The van der Waals surface area contributed by atoms with E-state index in [-0.39, 0.29) is 11.4 Å². The van der Waals surface area contributed by atoms with Crippen molar-refractivity contribution in [3.8, 4) is 0 Å². The molecule has 0 saturated heterocycles. The number of aliphatic carboxylic acids is 1. The summed E-state index contributed by atoms with van der Waals surface area (Å²) in [4.78, 5) is 10.5. The van der Waals surface area contributed by atoms with Gasteiger partial charge in [0.25, 0.3) is 0 Å². The molecule has 1 atom stereocenters. The molecule has 3 N–H and O–H groups in total. The minimum absolute atomic E-state index is 0.0659. The molecule has 0 aliphatic rings. The molecule has 0 aromatic carbocycles. The summed E-state index contributed by atoms with van der Waals surface area (Å²) in [5.74, 6) is -1.20. The maximum absolute atomic E-state index is 11.8. The normalized spacial score (nSPS) is 15.3. The van der Waals surface area contributed by atoms with Gasteiger partial charge in [-0.25, -0.2) is 13.1 Å². The third-order valence-electron chi connectivity index (χ3n) is 2.29. The van der Waals surface area contributed by atoms with Crippen molar-refractivity contribution in [2.24, 2.45) is 7.05 Å². The molecule has 1 unspecified atom stereocenters. The number of hydrogen-bond acceptors (Lipinski definition) is 4. The Balaban J connectivity index is 2.71. The SMILES string of the molecule is Cn1ccc(S(=O)(=O)NCC(C)(O)CC(=O)O)c1.